The average Bonchev–Trinajstić information content (AvgIpc) is 2.73. The number of aryl methyl sites for hydroxylation is 1. The van der Waals surface area contributed by atoms with Crippen LogP contribution in [0.4, 0.5) is 0 Å². The van der Waals surface area contributed by atoms with Gasteiger partial charge in [-0.1, -0.05) is 26.0 Å². The lowest BCUT2D eigenvalue weighted by atomic mass is 10.0. The third kappa shape index (κ3) is 2.33. The second-order valence-corrected chi connectivity index (χ2v) is 5.16. The van der Waals surface area contributed by atoms with Gasteiger partial charge in [0, 0.05) is 5.69 Å². The first-order valence-electron chi connectivity index (χ1n) is 6.71. The topological polar surface area (TPSA) is 44.1 Å². The van der Waals surface area contributed by atoms with Gasteiger partial charge in [-0.2, -0.15) is 5.10 Å². The number of aromatic nitrogens is 2. The Morgan fingerprint density at radius 2 is 1.90 bits per heavy atom. The van der Waals surface area contributed by atoms with Gasteiger partial charge >= 0.3 is 0 Å². The van der Waals surface area contributed by atoms with E-state index in [1.807, 2.05) is 26.0 Å². The largest absolute Gasteiger partial charge is 0.496 e. The van der Waals surface area contributed by atoms with E-state index in [4.69, 9.17) is 4.74 Å². The summed E-state index contributed by atoms with van der Waals surface area (Å²) in [5.41, 5.74) is 3.46. The molecule has 0 aliphatic carbocycles. The van der Waals surface area contributed by atoms with Crippen LogP contribution in [0.3, 0.4) is 0 Å². The molecule has 1 aromatic heterocycles. The Balaban J connectivity index is 2.52. The Morgan fingerprint density at radius 3 is 2.45 bits per heavy atom. The molecular formula is C16H20N2O2. The highest BCUT2D eigenvalue weighted by atomic mass is 16.5. The third-order valence-electron chi connectivity index (χ3n) is 3.45. The van der Waals surface area contributed by atoms with E-state index in [0.717, 1.165) is 17.0 Å². The molecule has 0 saturated carbocycles. The van der Waals surface area contributed by atoms with E-state index in [2.05, 4.69) is 18.9 Å². The van der Waals surface area contributed by atoms with E-state index < -0.39 is 0 Å². The van der Waals surface area contributed by atoms with Crippen molar-refractivity contribution in [3.63, 3.8) is 0 Å². The normalized spacial score (nSPS) is 10.9. The van der Waals surface area contributed by atoms with Crippen molar-refractivity contribution in [2.45, 2.75) is 33.6 Å². The van der Waals surface area contributed by atoms with Crippen molar-refractivity contribution in [3.05, 3.63) is 46.8 Å². The molecule has 4 heteroatoms. The number of benzene rings is 1. The molecule has 1 aromatic carbocycles. The van der Waals surface area contributed by atoms with E-state index in [1.165, 1.54) is 4.68 Å². The number of hydrogen-bond donors (Lipinski definition) is 0. The summed E-state index contributed by atoms with van der Waals surface area (Å²) in [7, 11) is 1.56. The zero-order valence-electron chi connectivity index (χ0n) is 12.6. The van der Waals surface area contributed by atoms with Gasteiger partial charge in [-0.25, -0.2) is 4.68 Å². The molecule has 0 aliphatic heterocycles. The highest BCUT2D eigenvalue weighted by molar-refractivity contribution is 5.98. The molecule has 0 radical (unpaired) electrons. The maximum Gasteiger partial charge on any atom is 0.282 e. The van der Waals surface area contributed by atoms with Crippen LogP contribution < -0.4 is 4.74 Å². The molecule has 20 heavy (non-hydrogen) atoms. The Morgan fingerprint density at radius 1 is 1.25 bits per heavy atom. The van der Waals surface area contributed by atoms with E-state index in [9.17, 15) is 4.79 Å². The van der Waals surface area contributed by atoms with Crippen molar-refractivity contribution in [3.8, 4) is 5.75 Å². The Bertz CT molecular complexity index is 642. The number of para-hydroxylation sites is 1. The van der Waals surface area contributed by atoms with Crippen LogP contribution in [0.1, 0.15) is 47.1 Å². The van der Waals surface area contributed by atoms with Gasteiger partial charge < -0.3 is 4.74 Å². The molecule has 2 rings (SSSR count). The minimum Gasteiger partial charge on any atom is -0.496 e. The third-order valence-corrected chi connectivity index (χ3v) is 3.45. The number of carbonyl (C=O) groups is 1. The molecule has 1 heterocycles. The van der Waals surface area contributed by atoms with E-state index in [0.29, 0.717) is 17.2 Å². The van der Waals surface area contributed by atoms with Crippen LogP contribution in [-0.4, -0.2) is 22.8 Å². The summed E-state index contributed by atoms with van der Waals surface area (Å²) in [5, 5.41) is 4.39. The highest BCUT2D eigenvalue weighted by Gasteiger charge is 2.21. The first-order valence-corrected chi connectivity index (χ1v) is 6.71. The fraction of sp³-hybridized carbons (Fsp3) is 0.375. The molecule has 4 nitrogen and oxygen atoms in total. The van der Waals surface area contributed by atoms with Crippen molar-refractivity contribution in [2.24, 2.45) is 0 Å². The zero-order chi connectivity index (χ0) is 14.9. The van der Waals surface area contributed by atoms with Gasteiger partial charge in [0.15, 0.2) is 0 Å². The van der Waals surface area contributed by atoms with Gasteiger partial charge in [0.1, 0.15) is 5.75 Å². The molecule has 0 bridgehead atoms. The molecule has 0 N–H and O–H groups in total. The smallest absolute Gasteiger partial charge is 0.282 e. The predicted octanol–water partition coefficient (Wildman–Crippen LogP) is 3.32. The summed E-state index contributed by atoms with van der Waals surface area (Å²) in [5.74, 6) is 0.750. The van der Waals surface area contributed by atoms with Gasteiger partial charge in [-0.15, -0.1) is 0 Å². The number of rotatable bonds is 3. The SMILES string of the molecule is COc1ccccc1C(=O)n1nc(C)c(C(C)C)c1C. The summed E-state index contributed by atoms with van der Waals surface area (Å²) < 4.78 is 6.73. The molecule has 0 unspecified atom stereocenters. The maximum atomic E-state index is 12.7. The highest BCUT2D eigenvalue weighted by Crippen LogP contribution is 2.25. The van der Waals surface area contributed by atoms with Gasteiger partial charge in [0.2, 0.25) is 0 Å². The molecule has 106 valence electrons. The monoisotopic (exact) mass is 272 g/mol. The summed E-state index contributed by atoms with van der Waals surface area (Å²) in [6.45, 7) is 8.08. The lowest BCUT2D eigenvalue weighted by molar-refractivity contribution is 0.0939. The van der Waals surface area contributed by atoms with Gasteiger partial charge in [-0.3, -0.25) is 4.79 Å². The minimum atomic E-state index is -0.157. The molecule has 0 fully saturated rings. The fourth-order valence-corrected chi connectivity index (χ4v) is 2.62. The number of methoxy groups -OCH3 is 1. The summed E-state index contributed by atoms with van der Waals surface area (Å²) >= 11 is 0. The molecule has 0 spiro atoms. The molecule has 2 aromatic rings. The van der Waals surface area contributed by atoms with Crippen LogP contribution in [0.2, 0.25) is 0 Å². The van der Waals surface area contributed by atoms with Crippen LogP contribution in [0, 0.1) is 13.8 Å². The number of carbonyl (C=O) groups excluding carboxylic acids is 1. The van der Waals surface area contributed by atoms with Crippen molar-refractivity contribution in [2.75, 3.05) is 7.11 Å². The standard InChI is InChI=1S/C16H20N2O2/c1-10(2)15-11(3)17-18(12(15)4)16(19)13-8-6-7-9-14(13)20-5/h6-10H,1-5H3. The average molecular weight is 272 g/mol. The number of hydrogen-bond acceptors (Lipinski definition) is 3. The van der Waals surface area contributed by atoms with Crippen LogP contribution in [-0.2, 0) is 0 Å². The second kappa shape index (κ2) is 5.49. The Hall–Kier alpha value is -2.10. The molecular weight excluding hydrogens is 252 g/mol. The lowest BCUT2D eigenvalue weighted by Gasteiger charge is -2.09. The Labute approximate surface area is 119 Å². The minimum absolute atomic E-state index is 0.157. The summed E-state index contributed by atoms with van der Waals surface area (Å²) in [4.78, 5) is 12.7. The first kappa shape index (κ1) is 14.3. The van der Waals surface area contributed by atoms with Crippen molar-refractivity contribution in [1.82, 2.24) is 9.78 Å². The fourth-order valence-electron chi connectivity index (χ4n) is 2.62. The van der Waals surface area contributed by atoms with Gasteiger partial charge in [0.25, 0.3) is 5.91 Å². The maximum absolute atomic E-state index is 12.7. The van der Waals surface area contributed by atoms with E-state index in [1.54, 1.807) is 19.2 Å². The van der Waals surface area contributed by atoms with E-state index in [-0.39, 0.29) is 5.91 Å². The zero-order valence-corrected chi connectivity index (χ0v) is 12.6. The van der Waals surface area contributed by atoms with Crippen LogP contribution in [0.25, 0.3) is 0 Å². The quantitative estimate of drug-likeness (QED) is 0.861. The second-order valence-electron chi connectivity index (χ2n) is 5.16. The Kier molecular flexibility index (Phi) is 3.93. The van der Waals surface area contributed by atoms with Crippen LogP contribution in [0.5, 0.6) is 5.75 Å². The molecule has 0 amide bonds. The van der Waals surface area contributed by atoms with Crippen LogP contribution >= 0.6 is 0 Å². The molecule has 0 aliphatic rings. The number of ether oxygens (including phenoxy) is 1. The summed E-state index contributed by atoms with van der Waals surface area (Å²) in [6, 6.07) is 7.20. The van der Waals surface area contributed by atoms with Crippen molar-refractivity contribution < 1.29 is 9.53 Å². The predicted molar refractivity (Wildman–Crippen MR) is 78.5 cm³/mol. The molecule has 0 atom stereocenters. The molecule has 0 saturated heterocycles. The first-order chi connectivity index (χ1) is 9.47. The lowest BCUT2D eigenvalue weighted by Crippen LogP contribution is -2.16. The van der Waals surface area contributed by atoms with Gasteiger partial charge in [0.05, 0.1) is 18.4 Å². The van der Waals surface area contributed by atoms with Gasteiger partial charge in [-0.05, 0) is 37.5 Å². The number of nitrogens with zero attached hydrogens (tertiary/aromatic N) is 2. The van der Waals surface area contributed by atoms with Crippen molar-refractivity contribution in [1.29, 1.82) is 0 Å². The van der Waals surface area contributed by atoms with Crippen molar-refractivity contribution >= 4 is 5.91 Å². The summed E-state index contributed by atoms with van der Waals surface area (Å²) in [6.07, 6.45) is 0. The van der Waals surface area contributed by atoms with E-state index >= 15 is 0 Å². The van der Waals surface area contributed by atoms with Crippen LogP contribution in [0.15, 0.2) is 24.3 Å².